The quantitative estimate of drug-likeness (QED) is 0.594. The molecular formula is C16H22O8S. The second kappa shape index (κ2) is 7.79. The maximum atomic E-state index is 12.5. The van der Waals surface area contributed by atoms with Crippen LogP contribution in [0, 0.1) is 6.92 Å². The van der Waals surface area contributed by atoms with Gasteiger partial charge >= 0.3 is 5.97 Å². The van der Waals surface area contributed by atoms with E-state index >= 15 is 0 Å². The molecular weight excluding hydrogens is 352 g/mol. The van der Waals surface area contributed by atoms with Crippen molar-refractivity contribution in [1.82, 2.24) is 0 Å². The van der Waals surface area contributed by atoms with Crippen molar-refractivity contribution in [1.29, 1.82) is 0 Å². The summed E-state index contributed by atoms with van der Waals surface area (Å²) < 4.78 is 45.9. The summed E-state index contributed by atoms with van der Waals surface area (Å²) in [5.74, 6) is -0.682. The molecule has 1 aromatic carbocycles. The van der Waals surface area contributed by atoms with Crippen LogP contribution in [0.25, 0.3) is 0 Å². The summed E-state index contributed by atoms with van der Waals surface area (Å²) in [6, 6.07) is 6.05. The van der Waals surface area contributed by atoms with Gasteiger partial charge in [0.1, 0.15) is 12.2 Å². The van der Waals surface area contributed by atoms with E-state index in [0.29, 0.717) is 0 Å². The van der Waals surface area contributed by atoms with Gasteiger partial charge in [0, 0.05) is 14.0 Å². The number of aliphatic hydroxyl groups excluding tert-OH is 1. The summed E-state index contributed by atoms with van der Waals surface area (Å²) in [5, 5.41) is 10.3. The lowest BCUT2D eigenvalue weighted by Gasteiger charge is -2.41. The standard InChI is InChI=1S/C16H22O8S/c1-9-5-7-12(8-6-9)25(19,20)24-14-13(18)10(2)22-16(21-4)15(14)23-11(3)17/h5-8,10,13-16,18H,1-4H3/t10-,13+,14-,15+,16-/m1/s1. The fraction of sp³-hybridized carbons (Fsp3) is 0.562. The number of carbonyl (C=O) groups is 1. The fourth-order valence-electron chi connectivity index (χ4n) is 2.51. The van der Waals surface area contributed by atoms with Gasteiger partial charge < -0.3 is 19.3 Å². The first kappa shape index (κ1) is 19.8. The lowest BCUT2D eigenvalue weighted by atomic mass is 10.00. The van der Waals surface area contributed by atoms with Crippen molar-refractivity contribution in [2.45, 2.75) is 56.4 Å². The lowest BCUT2D eigenvalue weighted by Crippen LogP contribution is -2.59. The van der Waals surface area contributed by atoms with E-state index in [1.54, 1.807) is 12.1 Å². The number of hydrogen-bond acceptors (Lipinski definition) is 8. The molecule has 0 bridgehead atoms. The average Bonchev–Trinajstić information content (AvgIpc) is 2.54. The molecule has 0 unspecified atom stereocenters. The summed E-state index contributed by atoms with van der Waals surface area (Å²) >= 11 is 0. The second-order valence-corrected chi connectivity index (χ2v) is 7.41. The van der Waals surface area contributed by atoms with Crippen molar-refractivity contribution in [3.05, 3.63) is 29.8 Å². The molecule has 0 aliphatic carbocycles. The van der Waals surface area contributed by atoms with Gasteiger partial charge in [0.15, 0.2) is 12.4 Å². The smallest absolute Gasteiger partial charge is 0.303 e. The van der Waals surface area contributed by atoms with Gasteiger partial charge in [-0.1, -0.05) is 17.7 Å². The van der Waals surface area contributed by atoms with Gasteiger partial charge in [-0.25, -0.2) is 0 Å². The van der Waals surface area contributed by atoms with Crippen LogP contribution in [0.15, 0.2) is 29.2 Å². The third-order valence-electron chi connectivity index (χ3n) is 3.84. The third-order valence-corrected chi connectivity index (χ3v) is 5.17. The first-order chi connectivity index (χ1) is 11.7. The predicted molar refractivity (Wildman–Crippen MR) is 86.1 cm³/mol. The minimum Gasteiger partial charge on any atom is -0.454 e. The molecule has 1 heterocycles. The zero-order chi connectivity index (χ0) is 18.8. The maximum Gasteiger partial charge on any atom is 0.303 e. The first-order valence-corrected chi connectivity index (χ1v) is 9.10. The number of rotatable bonds is 5. The molecule has 1 aromatic rings. The van der Waals surface area contributed by atoms with Crippen molar-refractivity contribution < 1.29 is 36.7 Å². The highest BCUT2D eigenvalue weighted by Crippen LogP contribution is 2.29. The number of aliphatic hydroxyl groups is 1. The van der Waals surface area contributed by atoms with Crippen LogP contribution in [0.1, 0.15) is 19.4 Å². The van der Waals surface area contributed by atoms with Crippen molar-refractivity contribution >= 4 is 16.1 Å². The largest absolute Gasteiger partial charge is 0.454 e. The number of esters is 1. The van der Waals surface area contributed by atoms with Crippen molar-refractivity contribution in [3.8, 4) is 0 Å². The van der Waals surface area contributed by atoms with Gasteiger partial charge in [-0.15, -0.1) is 0 Å². The number of aryl methyl sites for hydroxylation is 1. The van der Waals surface area contributed by atoms with E-state index in [1.807, 2.05) is 6.92 Å². The molecule has 0 saturated carbocycles. The van der Waals surface area contributed by atoms with E-state index in [0.717, 1.165) is 12.5 Å². The zero-order valence-electron chi connectivity index (χ0n) is 14.4. The van der Waals surface area contributed by atoms with Gasteiger partial charge in [0.2, 0.25) is 0 Å². The first-order valence-electron chi connectivity index (χ1n) is 7.69. The summed E-state index contributed by atoms with van der Waals surface area (Å²) in [6.45, 7) is 4.51. The van der Waals surface area contributed by atoms with Crippen molar-refractivity contribution in [2.24, 2.45) is 0 Å². The highest BCUT2D eigenvalue weighted by molar-refractivity contribution is 7.86. The number of methoxy groups -OCH3 is 1. The zero-order valence-corrected chi connectivity index (χ0v) is 15.2. The molecule has 0 aromatic heterocycles. The molecule has 0 radical (unpaired) electrons. The monoisotopic (exact) mass is 374 g/mol. The Morgan fingerprint density at radius 3 is 2.32 bits per heavy atom. The third kappa shape index (κ3) is 4.56. The van der Waals surface area contributed by atoms with Crippen LogP contribution >= 0.6 is 0 Å². The Hall–Kier alpha value is -1.52. The van der Waals surface area contributed by atoms with E-state index in [1.165, 1.54) is 26.2 Å². The summed E-state index contributed by atoms with van der Waals surface area (Å²) in [5.41, 5.74) is 0.885. The van der Waals surface area contributed by atoms with Gasteiger partial charge in [0.05, 0.1) is 11.0 Å². The molecule has 1 fully saturated rings. The van der Waals surface area contributed by atoms with Gasteiger partial charge in [-0.05, 0) is 26.0 Å². The van der Waals surface area contributed by atoms with E-state index in [2.05, 4.69) is 0 Å². The Labute approximate surface area is 146 Å². The molecule has 0 amide bonds. The molecule has 0 spiro atoms. The molecule has 140 valence electrons. The fourth-order valence-corrected chi connectivity index (χ4v) is 3.60. The van der Waals surface area contributed by atoms with E-state index < -0.39 is 46.8 Å². The van der Waals surface area contributed by atoms with Crippen LogP contribution in [0.4, 0.5) is 0 Å². The van der Waals surface area contributed by atoms with E-state index in [-0.39, 0.29) is 4.90 Å². The predicted octanol–water partition coefficient (Wildman–Crippen LogP) is 0.753. The van der Waals surface area contributed by atoms with Crippen LogP contribution in [0.3, 0.4) is 0 Å². The Kier molecular flexibility index (Phi) is 6.17. The molecule has 2 rings (SSSR count). The van der Waals surface area contributed by atoms with Gasteiger partial charge in [-0.2, -0.15) is 8.42 Å². The van der Waals surface area contributed by atoms with Crippen molar-refractivity contribution in [3.63, 3.8) is 0 Å². The van der Waals surface area contributed by atoms with Crippen molar-refractivity contribution in [2.75, 3.05) is 7.11 Å². The Morgan fingerprint density at radius 1 is 1.20 bits per heavy atom. The number of benzene rings is 1. The van der Waals surface area contributed by atoms with Crippen LogP contribution in [-0.4, -0.2) is 57.3 Å². The number of ether oxygens (including phenoxy) is 3. The molecule has 5 atom stereocenters. The van der Waals surface area contributed by atoms with Crippen LogP contribution in [-0.2, 0) is 33.3 Å². The Morgan fingerprint density at radius 2 is 1.80 bits per heavy atom. The molecule has 1 aliphatic rings. The second-order valence-electron chi connectivity index (χ2n) is 5.84. The Balaban J connectivity index is 2.33. The highest BCUT2D eigenvalue weighted by Gasteiger charge is 2.49. The van der Waals surface area contributed by atoms with Crippen LogP contribution < -0.4 is 0 Å². The minimum absolute atomic E-state index is 0.0695. The summed E-state index contributed by atoms with van der Waals surface area (Å²) in [7, 11) is -2.88. The van der Waals surface area contributed by atoms with Gasteiger partial charge in [0.25, 0.3) is 10.1 Å². The average molecular weight is 374 g/mol. The molecule has 1 saturated heterocycles. The van der Waals surface area contributed by atoms with E-state index in [4.69, 9.17) is 18.4 Å². The van der Waals surface area contributed by atoms with Crippen LogP contribution in [0.5, 0.6) is 0 Å². The molecule has 8 nitrogen and oxygen atoms in total. The lowest BCUT2D eigenvalue weighted by molar-refractivity contribution is -0.285. The van der Waals surface area contributed by atoms with Gasteiger partial charge in [-0.3, -0.25) is 8.98 Å². The molecule has 1 aliphatic heterocycles. The maximum absolute atomic E-state index is 12.5. The minimum atomic E-state index is -4.20. The molecule has 1 N–H and O–H groups in total. The molecule has 9 heteroatoms. The summed E-state index contributed by atoms with van der Waals surface area (Å²) in [4.78, 5) is 11.3. The topological polar surface area (TPSA) is 108 Å². The number of carbonyl (C=O) groups excluding carboxylic acids is 1. The highest BCUT2D eigenvalue weighted by atomic mass is 32.2. The molecule has 25 heavy (non-hydrogen) atoms. The normalized spacial score (nSPS) is 30.0. The summed E-state index contributed by atoms with van der Waals surface area (Å²) in [6.07, 6.45) is -5.80. The SMILES string of the molecule is CO[C@@H]1O[C@H](C)[C@H](O)[C@@H](OS(=O)(=O)c2ccc(C)cc2)[C@@H]1OC(C)=O. The van der Waals surface area contributed by atoms with Crippen LogP contribution in [0.2, 0.25) is 0 Å². The Bertz CT molecular complexity index is 699. The number of hydrogen-bond donors (Lipinski definition) is 1. The van der Waals surface area contributed by atoms with E-state index in [9.17, 15) is 18.3 Å².